The second kappa shape index (κ2) is 6.35. The molecule has 1 aromatic heterocycles. The molecule has 0 unspecified atom stereocenters. The molecule has 1 aliphatic heterocycles. The average Bonchev–Trinajstić information content (AvgIpc) is 2.44. The van der Waals surface area contributed by atoms with Crippen LogP contribution in [-0.2, 0) is 17.7 Å². The van der Waals surface area contributed by atoms with Gasteiger partial charge in [-0.1, -0.05) is 18.5 Å². The summed E-state index contributed by atoms with van der Waals surface area (Å²) in [4.78, 5) is 37.8. The van der Waals surface area contributed by atoms with Crippen LogP contribution in [-0.4, -0.2) is 33.6 Å². The van der Waals surface area contributed by atoms with E-state index in [0.29, 0.717) is 24.2 Å². The van der Waals surface area contributed by atoms with Crippen molar-refractivity contribution in [2.45, 2.75) is 52.7 Å². The van der Waals surface area contributed by atoms with Crippen molar-refractivity contribution in [3.05, 3.63) is 32.7 Å². The fourth-order valence-electron chi connectivity index (χ4n) is 2.52. The molecule has 0 aliphatic carbocycles. The molecular formula is C16H21ClN2O4. The predicted molar refractivity (Wildman–Crippen MR) is 87.0 cm³/mol. The number of fused-ring (bicyclic) bond motifs is 1. The Hall–Kier alpha value is -1.82. The first-order chi connectivity index (χ1) is 10.6. The summed E-state index contributed by atoms with van der Waals surface area (Å²) >= 11 is 6.17. The summed E-state index contributed by atoms with van der Waals surface area (Å²) in [6.45, 7) is 7.69. The second-order valence-electron chi connectivity index (χ2n) is 6.49. The minimum Gasteiger partial charge on any atom is -0.444 e. The summed E-state index contributed by atoms with van der Waals surface area (Å²) in [5, 5.41) is 0.276. The number of carbonyl (C=O) groups is 2. The van der Waals surface area contributed by atoms with Crippen molar-refractivity contribution >= 4 is 23.6 Å². The van der Waals surface area contributed by atoms with Crippen molar-refractivity contribution in [1.29, 1.82) is 0 Å². The van der Waals surface area contributed by atoms with Gasteiger partial charge in [-0.15, -0.1) is 0 Å². The van der Waals surface area contributed by atoms with Crippen molar-refractivity contribution < 1.29 is 14.3 Å². The smallest absolute Gasteiger partial charge is 0.410 e. The second-order valence-corrected chi connectivity index (χ2v) is 6.90. The van der Waals surface area contributed by atoms with E-state index >= 15 is 0 Å². The van der Waals surface area contributed by atoms with Gasteiger partial charge in [-0.25, -0.2) is 4.79 Å². The van der Waals surface area contributed by atoms with Gasteiger partial charge in [0.1, 0.15) is 5.60 Å². The van der Waals surface area contributed by atoms with Gasteiger partial charge < -0.3 is 9.64 Å². The maximum absolute atomic E-state index is 12.2. The molecule has 1 aromatic rings. The Morgan fingerprint density at radius 3 is 2.57 bits per heavy atom. The van der Waals surface area contributed by atoms with E-state index < -0.39 is 17.3 Å². The van der Waals surface area contributed by atoms with Crippen LogP contribution in [0.25, 0.3) is 0 Å². The van der Waals surface area contributed by atoms with Gasteiger partial charge >= 0.3 is 6.09 Å². The predicted octanol–water partition coefficient (Wildman–Crippen LogP) is 2.85. The SMILES string of the molecule is CCC(=O)n1c2c(c(Cl)cc1=O)CN(C(=O)OC(C)(C)C)CC2. The van der Waals surface area contributed by atoms with Crippen LogP contribution < -0.4 is 5.56 Å². The normalized spacial score (nSPS) is 14.4. The molecule has 2 heterocycles. The number of pyridine rings is 1. The van der Waals surface area contributed by atoms with Gasteiger partial charge in [0.25, 0.3) is 5.56 Å². The average molecular weight is 341 g/mol. The highest BCUT2D eigenvalue weighted by molar-refractivity contribution is 6.31. The van der Waals surface area contributed by atoms with Crippen LogP contribution in [0.1, 0.15) is 50.2 Å². The van der Waals surface area contributed by atoms with Crippen LogP contribution in [0.5, 0.6) is 0 Å². The third kappa shape index (κ3) is 3.75. The Labute approximate surface area is 140 Å². The molecule has 126 valence electrons. The molecule has 23 heavy (non-hydrogen) atoms. The molecule has 6 nitrogen and oxygen atoms in total. The third-order valence-corrected chi connectivity index (χ3v) is 3.89. The first-order valence-corrected chi connectivity index (χ1v) is 7.96. The number of hydrogen-bond donors (Lipinski definition) is 0. The van der Waals surface area contributed by atoms with Gasteiger partial charge in [-0.05, 0) is 20.8 Å². The molecule has 0 aromatic carbocycles. The summed E-state index contributed by atoms with van der Waals surface area (Å²) in [7, 11) is 0. The molecular weight excluding hydrogens is 320 g/mol. The molecule has 0 N–H and O–H groups in total. The lowest BCUT2D eigenvalue weighted by Crippen LogP contribution is -2.42. The minimum absolute atomic E-state index is 0.223. The first-order valence-electron chi connectivity index (χ1n) is 7.58. The Balaban J connectivity index is 2.37. The lowest BCUT2D eigenvalue weighted by molar-refractivity contribution is 0.0222. The fraction of sp³-hybridized carbons (Fsp3) is 0.562. The first kappa shape index (κ1) is 17.5. The highest BCUT2D eigenvalue weighted by Gasteiger charge is 2.29. The van der Waals surface area contributed by atoms with Crippen molar-refractivity contribution in [2.75, 3.05) is 6.54 Å². The van der Waals surface area contributed by atoms with Gasteiger partial charge in [0.05, 0.1) is 11.6 Å². The van der Waals surface area contributed by atoms with E-state index in [4.69, 9.17) is 16.3 Å². The summed E-state index contributed by atoms with van der Waals surface area (Å²) < 4.78 is 6.54. The lowest BCUT2D eigenvalue weighted by atomic mass is 10.0. The molecule has 0 atom stereocenters. The molecule has 0 bridgehead atoms. The van der Waals surface area contributed by atoms with Crippen LogP contribution in [0.15, 0.2) is 10.9 Å². The number of halogens is 1. The number of amides is 1. The zero-order valence-electron chi connectivity index (χ0n) is 13.8. The Morgan fingerprint density at radius 2 is 2.00 bits per heavy atom. The van der Waals surface area contributed by atoms with Crippen molar-refractivity contribution in [2.24, 2.45) is 0 Å². The largest absolute Gasteiger partial charge is 0.444 e. The minimum atomic E-state index is -0.585. The third-order valence-electron chi connectivity index (χ3n) is 3.55. The van der Waals surface area contributed by atoms with Gasteiger partial charge in [0.2, 0.25) is 5.91 Å². The zero-order chi connectivity index (χ0) is 17.4. The molecule has 1 aliphatic rings. The van der Waals surface area contributed by atoms with Crippen molar-refractivity contribution in [3.8, 4) is 0 Å². The Morgan fingerprint density at radius 1 is 1.35 bits per heavy atom. The van der Waals surface area contributed by atoms with E-state index in [1.54, 1.807) is 27.7 Å². The van der Waals surface area contributed by atoms with E-state index in [9.17, 15) is 14.4 Å². The van der Waals surface area contributed by atoms with E-state index in [1.165, 1.54) is 15.5 Å². The molecule has 0 saturated carbocycles. The van der Waals surface area contributed by atoms with Crippen LogP contribution in [0, 0.1) is 0 Å². The Kier molecular flexibility index (Phi) is 4.84. The molecule has 0 spiro atoms. The number of rotatable bonds is 1. The van der Waals surface area contributed by atoms with Crippen LogP contribution in [0.2, 0.25) is 5.02 Å². The number of nitrogens with zero attached hydrogens (tertiary/aromatic N) is 2. The van der Waals surface area contributed by atoms with Crippen molar-refractivity contribution in [1.82, 2.24) is 9.47 Å². The van der Waals surface area contributed by atoms with E-state index in [-0.39, 0.29) is 23.9 Å². The Bertz CT molecular complexity index is 703. The quantitative estimate of drug-likeness (QED) is 0.788. The molecule has 0 saturated heterocycles. The summed E-state index contributed by atoms with van der Waals surface area (Å²) in [5.74, 6) is -0.270. The zero-order valence-corrected chi connectivity index (χ0v) is 14.6. The summed E-state index contributed by atoms with van der Waals surface area (Å²) in [5.41, 5.74) is 0.212. The monoisotopic (exact) mass is 340 g/mol. The standard InChI is InChI=1S/C16H21ClN2O4/c1-5-13(20)19-12-6-7-18(15(22)23-16(2,3)4)9-10(12)11(17)8-14(19)21/h8H,5-7,9H2,1-4H3. The number of aromatic nitrogens is 1. The lowest BCUT2D eigenvalue weighted by Gasteiger charge is -2.32. The molecule has 1 amide bonds. The number of hydrogen-bond acceptors (Lipinski definition) is 4. The highest BCUT2D eigenvalue weighted by atomic mass is 35.5. The van der Waals surface area contributed by atoms with Gasteiger partial charge in [0.15, 0.2) is 0 Å². The van der Waals surface area contributed by atoms with Crippen LogP contribution in [0.4, 0.5) is 4.79 Å². The van der Waals surface area contributed by atoms with Gasteiger partial charge in [0, 0.05) is 36.7 Å². The fourth-order valence-corrected chi connectivity index (χ4v) is 2.78. The summed E-state index contributed by atoms with van der Waals surface area (Å²) in [6.07, 6.45) is 0.179. The van der Waals surface area contributed by atoms with Crippen molar-refractivity contribution in [3.63, 3.8) is 0 Å². The molecule has 7 heteroatoms. The number of carbonyl (C=O) groups excluding carboxylic acids is 2. The van der Waals surface area contributed by atoms with Gasteiger partial charge in [-0.3, -0.25) is 14.2 Å². The maximum Gasteiger partial charge on any atom is 0.410 e. The summed E-state index contributed by atoms with van der Waals surface area (Å²) in [6, 6.07) is 1.23. The highest BCUT2D eigenvalue weighted by Crippen LogP contribution is 2.26. The molecule has 2 rings (SSSR count). The van der Waals surface area contributed by atoms with E-state index in [0.717, 1.165) is 0 Å². The topological polar surface area (TPSA) is 68.6 Å². The number of ether oxygens (including phenoxy) is 1. The van der Waals surface area contributed by atoms with E-state index in [1.807, 2.05) is 0 Å². The molecule has 0 fully saturated rings. The molecule has 0 radical (unpaired) electrons. The van der Waals surface area contributed by atoms with Crippen LogP contribution >= 0.6 is 11.6 Å². The van der Waals surface area contributed by atoms with Gasteiger partial charge in [-0.2, -0.15) is 0 Å². The van der Waals surface area contributed by atoms with Crippen LogP contribution in [0.3, 0.4) is 0 Å². The maximum atomic E-state index is 12.2. The van der Waals surface area contributed by atoms with E-state index in [2.05, 4.69) is 0 Å².